The molecular weight excluding hydrogens is 363 g/mol. The van der Waals surface area contributed by atoms with Gasteiger partial charge in [0.1, 0.15) is 17.5 Å². The fourth-order valence-corrected chi connectivity index (χ4v) is 2.50. The number of anilines is 3. The van der Waals surface area contributed by atoms with E-state index < -0.39 is 0 Å². The van der Waals surface area contributed by atoms with Crippen molar-refractivity contribution in [2.24, 2.45) is 0 Å². The van der Waals surface area contributed by atoms with E-state index >= 15 is 0 Å². The smallest absolute Gasteiger partial charge is 0.139 e. The zero-order chi connectivity index (χ0) is 13.3. The molecule has 1 heterocycles. The van der Waals surface area contributed by atoms with E-state index in [-0.39, 0.29) is 0 Å². The van der Waals surface area contributed by atoms with E-state index in [1.165, 1.54) is 0 Å². The first-order valence-corrected chi connectivity index (χ1v) is 6.76. The number of halogens is 2. The molecule has 0 aliphatic rings. The Kier molecular flexibility index (Phi) is 3.91. The molecular formula is C12H12ClIN4. The summed E-state index contributed by atoms with van der Waals surface area (Å²) in [5.74, 6) is 1.86. The van der Waals surface area contributed by atoms with Crippen molar-refractivity contribution < 1.29 is 0 Å². The largest absolute Gasteiger partial charge is 0.383 e. The second-order valence-corrected chi connectivity index (χ2v) is 5.48. The molecule has 1 aromatic heterocycles. The molecule has 0 unspecified atom stereocenters. The second kappa shape index (κ2) is 5.27. The quantitative estimate of drug-likeness (QED) is 0.787. The van der Waals surface area contributed by atoms with Crippen molar-refractivity contribution in [1.29, 1.82) is 0 Å². The van der Waals surface area contributed by atoms with Crippen LogP contribution in [-0.4, -0.2) is 9.97 Å². The highest BCUT2D eigenvalue weighted by Crippen LogP contribution is 2.27. The third-order valence-corrected chi connectivity index (χ3v) is 3.61. The van der Waals surface area contributed by atoms with E-state index in [2.05, 4.69) is 37.9 Å². The van der Waals surface area contributed by atoms with Gasteiger partial charge < -0.3 is 11.1 Å². The van der Waals surface area contributed by atoms with E-state index in [1.807, 2.05) is 32.0 Å². The van der Waals surface area contributed by atoms with Gasteiger partial charge in [0.15, 0.2) is 0 Å². The molecule has 1 aromatic carbocycles. The van der Waals surface area contributed by atoms with Crippen molar-refractivity contribution in [2.45, 2.75) is 13.8 Å². The maximum atomic E-state index is 5.92. The Morgan fingerprint density at radius 2 is 2.00 bits per heavy atom. The molecule has 3 N–H and O–H groups in total. The second-order valence-electron chi connectivity index (χ2n) is 3.88. The third kappa shape index (κ3) is 2.84. The van der Waals surface area contributed by atoms with E-state index in [4.69, 9.17) is 17.3 Å². The maximum absolute atomic E-state index is 5.92. The average Bonchev–Trinajstić information content (AvgIpc) is 2.29. The molecule has 0 aliphatic heterocycles. The summed E-state index contributed by atoms with van der Waals surface area (Å²) in [4.78, 5) is 8.47. The lowest BCUT2D eigenvalue weighted by Crippen LogP contribution is -2.05. The summed E-state index contributed by atoms with van der Waals surface area (Å²) in [5.41, 5.74) is 7.61. The topological polar surface area (TPSA) is 63.8 Å². The standard InChI is InChI=1S/C12H12ClIN4/c1-6-11(15)16-7(2)17-12(6)18-10-4-3-8(13)5-9(10)14/h3-5H,1-2H3,(H3,15,16,17,18). The lowest BCUT2D eigenvalue weighted by atomic mass is 10.2. The zero-order valence-corrected chi connectivity index (χ0v) is 12.9. The van der Waals surface area contributed by atoms with Gasteiger partial charge in [-0.1, -0.05) is 11.6 Å². The van der Waals surface area contributed by atoms with Crippen LogP contribution in [0.5, 0.6) is 0 Å². The van der Waals surface area contributed by atoms with Crippen LogP contribution in [0.1, 0.15) is 11.4 Å². The van der Waals surface area contributed by atoms with Gasteiger partial charge in [0.05, 0.1) is 5.69 Å². The van der Waals surface area contributed by atoms with Gasteiger partial charge >= 0.3 is 0 Å². The minimum Gasteiger partial charge on any atom is -0.383 e. The first-order chi connectivity index (χ1) is 8.47. The molecule has 4 nitrogen and oxygen atoms in total. The molecule has 94 valence electrons. The molecule has 2 aromatic rings. The number of aryl methyl sites for hydroxylation is 1. The molecule has 0 spiro atoms. The molecule has 0 bridgehead atoms. The highest BCUT2D eigenvalue weighted by molar-refractivity contribution is 14.1. The van der Waals surface area contributed by atoms with E-state index in [0.29, 0.717) is 16.7 Å². The molecule has 0 fully saturated rings. The molecule has 0 aliphatic carbocycles. The normalized spacial score (nSPS) is 10.4. The molecule has 0 amide bonds. The van der Waals surface area contributed by atoms with Crippen molar-refractivity contribution >= 4 is 51.5 Å². The number of hydrogen-bond donors (Lipinski definition) is 2. The van der Waals surface area contributed by atoms with Gasteiger partial charge in [0.25, 0.3) is 0 Å². The van der Waals surface area contributed by atoms with E-state index in [0.717, 1.165) is 20.6 Å². The van der Waals surface area contributed by atoms with Crippen molar-refractivity contribution in [3.05, 3.63) is 38.2 Å². The third-order valence-electron chi connectivity index (χ3n) is 2.48. The number of nitrogens with zero attached hydrogens (tertiary/aromatic N) is 2. The summed E-state index contributed by atoms with van der Waals surface area (Å²) in [5, 5.41) is 3.96. The SMILES string of the molecule is Cc1nc(N)c(C)c(Nc2ccc(Cl)cc2I)n1. The number of rotatable bonds is 2. The van der Waals surface area contributed by atoms with E-state index in [9.17, 15) is 0 Å². The van der Waals surface area contributed by atoms with Crippen molar-refractivity contribution in [3.63, 3.8) is 0 Å². The van der Waals surface area contributed by atoms with Crippen LogP contribution in [0.25, 0.3) is 0 Å². The van der Waals surface area contributed by atoms with Gasteiger partial charge in [0, 0.05) is 14.2 Å². The number of aromatic nitrogens is 2. The van der Waals surface area contributed by atoms with Crippen molar-refractivity contribution in [3.8, 4) is 0 Å². The average molecular weight is 375 g/mol. The van der Waals surface area contributed by atoms with Crippen LogP contribution in [-0.2, 0) is 0 Å². The summed E-state index contributed by atoms with van der Waals surface area (Å²) < 4.78 is 1.02. The lowest BCUT2D eigenvalue weighted by molar-refractivity contribution is 1.04. The van der Waals surface area contributed by atoms with Gasteiger partial charge in [-0.3, -0.25) is 0 Å². The van der Waals surface area contributed by atoms with Crippen LogP contribution in [0.3, 0.4) is 0 Å². The predicted molar refractivity (Wildman–Crippen MR) is 83.4 cm³/mol. The molecule has 0 radical (unpaired) electrons. The first kappa shape index (κ1) is 13.4. The van der Waals surface area contributed by atoms with Crippen LogP contribution in [0.4, 0.5) is 17.3 Å². The monoisotopic (exact) mass is 374 g/mol. The number of nitrogen functional groups attached to an aromatic ring is 1. The molecule has 18 heavy (non-hydrogen) atoms. The number of nitrogens with one attached hydrogen (secondary N) is 1. The van der Waals surface area contributed by atoms with Gasteiger partial charge in [-0.05, 0) is 54.6 Å². The minimum absolute atomic E-state index is 0.494. The summed E-state index contributed by atoms with van der Waals surface area (Å²) in [7, 11) is 0. The Morgan fingerprint density at radius 3 is 2.67 bits per heavy atom. The van der Waals surface area contributed by atoms with Gasteiger partial charge in [0.2, 0.25) is 0 Å². The molecule has 0 atom stereocenters. The predicted octanol–water partition coefficient (Wildman–Crippen LogP) is 3.68. The van der Waals surface area contributed by atoms with Crippen molar-refractivity contribution in [1.82, 2.24) is 9.97 Å². The van der Waals surface area contributed by atoms with Crippen molar-refractivity contribution in [2.75, 3.05) is 11.1 Å². The number of nitrogens with two attached hydrogens (primary N) is 1. The van der Waals surface area contributed by atoms with Crippen LogP contribution >= 0.6 is 34.2 Å². The molecule has 6 heteroatoms. The maximum Gasteiger partial charge on any atom is 0.139 e. The summed E-state index contributed by atoms with van der Waals surface area (Å²) in [6.07, 6.45) is 0. The van der Waals surface area contributed by atoms with Crippen LogP contribution in [0.15, 0.2) is 18.2 Å². The summed E-state index contributed by atoms with van der Waals surface area (Å²) in [6.45, 7) is 3.70. The lowest BCUT2D eigenvalue weighted by Gasteiger charge is -2.12. The molecule has 0 saturated heterocycles. The Hall–Kier alpha value is -1.08. The van der Waals surface area contributed by atoms with E-state index in [1.54, 1.807) is 0 Å². The zero-order valence-electron chi connectivity index (χ0n) is 9.96. The highest BCUT2D eigenvalue weighted by atomic mass is 127. The Morgan fingerprint density at radius 1 is 1.28 bits per heavy atom. The fourth-order valence-electron chi connectivity index (χ4n) is 1.49. The van der Waals surface area contributed by atoms with Gasteiger partial charge in [-0.25, -0.2) is 9.97 Å². The summed E-state index contributed by atoms with van der Waals surface area (Å²) in [6, 6.07) is 5.63. The Balaban J connectivity index is 2.40. The summed E-state index contributed by atoms with van der Waals surface area (Å²) >= 11 is 8.14. The highest BCUT2D eigenvalue weighted by Gasteiger charge is 2.08. The molecule has 0 saturated carbocycles. The van der Waals surface area contributed by atoms with Crippen LogP contribution in [0.2, 0.25) is 5.02 Å². The Labute approximate surface area is 124 Å². The molecule has 2 rings (SSSR count). The van der Waals surface area contributed by atoms with Gasteiger partial charge in [-0.2, -0.15) is 0 Å². The Bertz CT molecular complexity index is 601. The first-order valence-electron chi connectivity index (χ1n) is 5.30. The number of hydrogen-bond acceptors (Lipinski definition) is 4. The van der Waals surface area contributed by atoms with Crippen LogP contribution < -0.4 is 11.1 Å². The minimum atomic E-state index is 0.494. The number of benzene rings is 1. The fraction of sp³-hybridized carbons (Fsp3) is 0.167. The van der Waals surface area contributed by atoms with Crippen LogP contribution in [0, 0.1) is 17.4 Å². The van der Waals surface area contributed by atoms with Gasteiger partial charge in [-0.15, -0.1) is 0 Å².